The molecule has 174 valence electrons. The lowest BCUT2D eigenvalue weighted by molar-refractivity contribution is 0.0654. The first kappa shape index (κ1) is 23.6. The molecule has 1 atom stereocenters. The predicted octanol–water partition coefficient (Wildman–Crippen LogP) is 6.18. The first-order valence-corrected chi connectivity index (χ1v) is 11.7. The van der Waals surface area contributed by atoms with Crippen molar-refractivity contribution in [2.45, 2.75) is 32.7 Å². The predicted molar refractivity (Wildman–Crippen MR) is 133 cm³/mol. The number of fused-ring (bicyclic) bond motifs is 1. The molecule has 0 bridgehead atoms. The Morgan fingerprint density at radius 1 is 1.03 bits per heavy atom. The molecule has 7 heteroatoms. The van der Waals surface area contributed by atoms with E-state index < -0.39 is 17.8 Å². The van der Waals surface area contributed by atoms with Crippen molar-refractivity contribution in [3.63, 3.8) is 0 Å². The maximum Gasteiger partial charge on any atom is 0.266 e. The van der Waals surface area contributed by atoms with Gasteiger partial charge in [0.25, 0.3) is 11.5 Å². The van der Waals surface area contributed by atoms with Crippen LogP contribution in [0.2, 0.25) is 5.02 Å². The van der Waals surface area contributed by atoms with Gasteiger partial charge in [-0.15, -0.1) is 0 Å². The first-order valence-electron chi connectivity index (χ1n) is 11.3. The number of hydrogen-bond donors (Lipinski definition) is 0. The van der Waals surface area contributed by atoms with E-state index in [4.69, 9.17) is 16.6 Å². The number of benzene rings is 3. The average molecular weight is 478 g/mol. The minimum atomic E-state index is -0.579. The first-order chi connectivity index (χ1) is 16.5. The molecule has 0 aliphatic carbocycles. The minimum absolute atomic E-state index is 0.00409. The van der Waals surface area contributed by atoms with Crippen LogP contribution in [-0.2, 0) is 0 Å². The summed E-state index contributed by atoms with van der Waals surface area (Å²) in [5, 5.41) is 1.01. The number of nitrogens with zero attached hydrogens (tertiary/aromatic N) is 3. The van der Waals surface area contributed by atoms with E-state index in [0.717, 1.165) is 0 Å². The van der Waals surface area contributed by atoms with Crippen LogP contribution in [0.4, 0.5) is 4.39 Å². The van der Waals surface area contributed by atoms with Gasteiger partial charge in [-0.2, -0.15) is 0 Å². The Morgan fingerprint density at radius 2 is 1.71 bits per heavy atom. The second-order valence-corrected chi connectivity index (χ2v) is 8.44. The van der Waals surface area contributed by atoms with Crippen LogP contribution >= 0.6 is 11.6 Å². The zero-order chi connectivity index (χ0) is 24.2. The number of para-hydroxylation sites is 1. The van der Waals surface area contributed by atoms with Gasteiger partial charge in [-0.05, 0) is 61.4 Å². The summed E-state index contributed by atoms with van der Waals surface area (Å²) in [7, 11) is 0. The van der Waals surface area contributed by atoms with Crippen LogP contribution in [0.15, 0.2) is 77.6 Å². The second kappa shape index (κ2) is 10.2. The van der Waals surface area contributed by atoms with Gasteiger partial charge in [-0.1, -0.05) is 49.7 Å². The fraction of sp³-hybridized carbons (Fsp3) is 0.222. The third-order valence-electron chi connectivity index (χ3n) is 5.78. The number of aromatic nitrogens is 2. The van der Waals surface area contributed by atoms with Gasteiger partial charge in [-0.3, -0.25) is 14.2 Å². The summed E-state index contributed by atoms with van der Waals surface area (Å²) >= 11 is 6.09. The summed E-state index contributed by atoms with van der Waals surface area (Å²) < 4.78 is 16.1. The Kier molecular flexibility index (Phi) is 7.08. The topological polar surface area (TPSA) is 55.2 Å². The van der Waals surface area contributed by atoms with Gasteiger partial charge < -0.3 is 4.90 Å². The summed E-state index contributed by atoms with van der Waals surface area (Å²) in [5.41, 5.74) is 0.892. The molecule has 0 saturated carbocycles. The lowest BCUT2D eigenvalue weighted by Crippen LogP contribution is -2.39. The normalized spacial score (nSPS) is 12.0. The third kappa shape index (κ3) is 4.46. The van der Waals surface area contributed by atoms with Crippen molar-refractivity contribution in [1.29, 1.82) is 0 Å². The van der Waals surface area contributed by atoms with Crippen molar-refractivity contribution in [2.24, 2.45) is 0 Å². The lowest BCUT2D eigenvalue weighted by atomic mass is 10.1. The van der Waals surface area contributed by atoms with Crippen molar-refractivity contribution in [2.75, 3.05) is 6.54 Å². The van der Waals surface area contributed by atoms with E-state index in [9.17, 15) is 14.0 Å². The van der Waals surface area contributed by atoms with E-state index in [1.165, 1.54) is 16.7 Å². The molecule has 0 radical (unpaired) electrons. The summed E-state index contributed by atoms with van der Waals surface area (Å²) in [6.07, 6.45) is 1.15. The molecular formula is C27H25ClFN3O2. The van der Waals surface area contributed by atoms with Crippen LogP contribution in [0, 0.1) is 5.82 Å². The largest absolute Gasteiger partial charge is 0.328 e. The van der Waals surface area contributed by atoms with Gasteiger partial charge >= 0.3 is 0 Å². The van der Waals surface area contributed by atoms with E-state index in [0.29, 0.717) is 46.8 Å². The maximum atomic E-state index is 14.5. The number of carbonyl (C=O) groups excluding carboxylic acids is 1. The summed E-state index contributed by atoms with van der Waals surface area (Å²) in [5.74, 6) is -0.589. The molecule has 4 rings (SSSR count). The number of hydrogen-bond acceptors (Lipinski definition) is 3. The zero-order valence-electron chi connectivity index (χ0n) is 19.0. The minimum Gasteiger partial charge on any atom is -0.328 e. The van der Waals surface area contributed by atoms with E-state index in [1.54, 1.807) is 59.5 Å². The molecule has 0 spiro atoms. The van der Waals surface area contributed by atoms with Crippen LogP contribution < -0.4 is 5.56 Å². The lowest BCUT2D eigenvalue weighted by Gasteiger charge is -2.32. The fourth-order valence-corrected chi connectivity index (χ4v) is 4.31. The van der Waals surface area contributed by atoms with Crippen LogP contribution in [0.3, 0.4) is 0 Å². The van der Waals surface area contributed by atoms with Crippen molar-refractivity contribution in [1.82, 2.24) is 14.5 Å². The molecule has 0 aliphatic rings. The molecule has 1 aromatic heterocycles. The number of rotatable bonds is 7. The second-order valence-electron chi connectivity index (χ2n) is 8.01. The summed E-state index contributed by atoms with van der Waals surface area (Å²) in [4.78, 5) is 33.6. The maximum absolute atomic E-state index is 14.5. The van der Waals surface area contributed by atoms with Crippen LogP contribution in [0.5, 0.6) is 0 Å². The average Bonchev–Trinajstić information content (AvgIpc) is 2.85. The zero-order valence-corrected chi connectivity index (χ0v) is 19.8. The van der Waals surface area contributed by atoms with Crippen LogP contribution in [0.25, 0.3) is 16.6 Å². The molecule has 1 heterocycles. The van der Waals surface area contributed by atoms with Gasteiger partial charge in [-0.25, -0.2) is 9.37 Å². The smallest absolute Gasteiger partial charge is 0.266 e. The molecule has 0 N–H and O–H groups in total. The van der Waals surface area contributed by atoms with Gasteiger partial charge in [0.15, 0.2) is 0 Å². The van der Waals surface area contributed by atoms with Crippen molar-refractivity contribution >= 4 is 28.4 Å². The Bertz CT molecular complexity index is 1390. The van der Waals surface area contributed by atoms with Crippen LogP contribution in [-0.4, -0.2) is 26.9 Å². The number of amides is 1. The van der Waals surface area contributed by atoms with Gasteiger partial charge in [0.1, 0.15) is 11.6 Å². The Labute approximate surface area is 202 Å². The molecule has 34 heavy (non-hydrogen) atoms. The van der Waals surface area contributed by atoms with E-state index in [-0.39, 0.29) is 11.1 Å². The molecule has 1 amide bonds. The van der Waals surface area contributed by atoms with Crippen LogP contribution in [0.1, 0.15) is 48.9 Å². The SMILES string of the molecule is CCCN(C(=O)c1ccccc1F)C(CC)c1nc2ccccc2c(=O)n1-c1ccc(Cl)cc1. The highest BCUT2D eigenvalue weighted by Gasteiger charge is 2.30. The Balaban J connectivity index is 1.95. The van der Waals surface area contributed by atoms with E-state index in [2.05, 4.69) is 0 Å². The third-order valence-corrected chi connectivity index (χ3v) is 6.03. The fourth-order valence-electron chi connectivity index (χ4n) is 4.18. The molecule has 0 saturated heterocycles. The van der Waals surface area contributed by atoms with Crippen molar-refractivity contribution < 1.29 is 9.18 Å². The van der Waals surface area contributed by atoms with Gasteiger partial charge in [0, 0.05) is 11.6 Å². The standard InChI is InChI=1S/C27H25ClFN3O2/c1-3-17-31(26(33)20-9-5-7-11-22(20)29)24(4-2)25-30-23-12-8-6-10-21(23)27(34)32(25)19-15-13-18(28)14-16-19/h5-16,24H,3-4,17H2,1-2H3. The van der Waals surface area contributed by atoms with E-state index in [1.807, 2.05) is 19.9 Å². The summed E-state index contributed by atoms with van der Waals surface area (Å²) in [6, 6.07) is 19.4. The molecule has 4 aromatic rings. The molecule has 5 nitrogen and oxygen atoms in total. The highest BCUT2D eigenvalue weighted by atomic mass is 35.5. The monoisotopic (exact) mass is 477 g/mol. The molecule has 1 unspecified atom stereocenters. The molecule has 0 fully saturated rings. The molecular weight excluding hydrogens is 453 g/mol. The number of carbonyl (C=O) groups is 1. The molecule has 0 aliphatic heterocycles. The quantitative estimate of drug-likeness (QED) is 0.319. The van der Waals surface area contributed by atoms with E-state index >= 15 is 0 Å². The van der Waals surface area contributed by atoms with Gasteiger partial charge in [0.2, 0.25) is 0 Å². The highest BCUT2D eigenvalue weighted by molar-refractivity contribution is 6.30. The van der Waals surface area contributed by atoms with Gasteiger partial charge in [0.05, 0.1) is 28.2 Å². The van der Waals surface area contributed by atoms with Crippen molar-refractivity contribution in [3.05, 3.63) is 105 Å². The highest BCUT2D eigenvalue weighted by Crippen LogP contribution is 2.28. The molecule has 3 aromatic carbocycles. The van der Waals surface area contributed by atoms with Crippen molar-refractivity contribution in [3.8, 4) is 5.69 Å². The Morgan fingerprint density at radius 3 is 2.38 bits per heavy atom. The Hall–Kier alpha value is -3.51. The summed E-state index contributed by atoms with van der Waals surface area (Å²) in [6.45, 7) is 4.26. The number of halogens is 2.